The molecule has 0 radical (unpaired) electrons. The molecule has 0 saturated carbocycles. The zero-order valence-electron chi connectivity index (χ0n) is 33.8. The minimum atomic E-state index is 0.121. The van der Waals surface area contributed by atoms with Gasteiger partial charge in [0.05, 0.1) is 5.70 Å². The van der Waals surface area contributed by atoms with Crippen LogP contribution in [0.3, 0.4) is 0 Å². The van der Waals surface area contributed by atoms with E-state index >= 15 is 0 Å². The molecule has 3 nitrogen and oxygen atoms in total. The van der Waals surface area contributed by atoms with Gasteiger partial charge >= 0.3 is 0 Å². The molecule has 288 valence electrons. The molecule has 0 amide bonds. The Balaban J connectivity index is 1.11. The number of hydrogen-bond donors (Lipinski definition) is 0. The van der Waals surface area contributed by atoms with Gasteiger partial charge in [0, 0.05) is 44.3 Å². The molecule has 1 atom stereocenters. The lowest BCUT2D eigenvalue weighted by Gasteiger charge is -2.21. The molecular weight excluding hydrogens is 731 g/mol. The van der Waals surface area contributed by atoms with Gasteiger partial charge in [-0.25, -0.2) is 0 Å². The molecule has 0 bridgehead atoms. The smallest absolute Gasteiger partial charge is 0.136 e. The van der Waals surface area contributed by atoms with E-state index < -0.39 is 0 Å². The highest BCUT2D eigenvalue weighted by atomic mass is 16.3. The van der Waals surface area contributed by atoms with Gasteiger partial charge in [0.25, 0.3) is 0 Å². The second-order valence-corrected chi connectivity index (χ2v) is 16.1. The van der Waals surface area contributed by atoms with Crippen LogP contribution in [0.1, 0.15) is 49.8 Å². The minimum absolute atomic E-state index is 0.121. The topological polar surface area (TPSA) is 38.6 Å². The van der Waals surface area contributed by atoms with Gasteiger partial charge in [-0.1, -0.05) is 158 Å². The zero-order chi connectivity index (χ0) is 40.2. The highest BCUT2D eigenvalue weighted by Crippen LogP contribution is 2.44. The van der Waals surface area contributed by atoms with E-state index in [0.29, 0.717) is 0 Å². The van der Waals surface area contributed by atoms with Crippen LogP contribution in [0.15, 0.2) is 201 Å². The Bertz CT molecular complexity index is 3370. The van der Waals surface area contributed by atoms with Gasteiger partial charge in [-0.05, 0) is 107 Å². The van der Waals surface area contributed by atoms with Gasteiger partial charge in [0.1, 0.15) is 22.3 Å². The lowest BCUT2D eigenvalue weighted by Crippen LogP contribution is -2.05. The van der Waals surface area contributed by atoms with Crippen LogP contribution in [-0.4, -0.2) is 5.71 Å². The van der Waals surface area contributed by atoms with Gasteiger partial charge < -0.3 is 8.83 Å². The molecule has 0 spiro atoms. The molecule has 0 aliphatic carbocycles. The summed E-state index contributed by atoms with van der Waals surface area (Å²) in [5.74, 6) is 0.121. The lowest BCUT2D eigenvalue weighted by molar-refractivity contribution is 0.668. The first kappa shape index (κ1) is 35.9. The summed E-state index contributed by atoms with van der Waals surface area (Å²) >= 11 is 0. The third kappa shape index (κ3) is 6.17. The number of aliphatic imine (C=N–C) groups is 1. The number of furan rings is 2. The van der Waals surface area contributed by atoms with Crippen molar-refractivity contribution in [1.82, 2.24) is 0 Å². The van der Waals surface area contributed by atoms with Crippen molar-refractivity contribution in [3.63, 3.8) is 0 Å². The van der Waals surface area contributed by atoms with E-state index in [4.69, 9.17) is 13.8 Å². The number of hydrogen-bond acceptors (Lipinski definition) is 3. The van der Waals surface area contributed by atoms with Crippen molar-refractivity contribution >= 4 is 71.6 Å². The maximum Gasteiger partial charge on any atom is 0.136 e. The van der Waals surface area contributed by atoms with Crippen molar-refractivity contribution in [2.75, 3.05) is 0 Å². The molecular formula is C57H43NO2. The number of benzene rings is 8. The molecule has 1 aliphatic heterocycles. The molecule has 0 fully saturated rings. The summed E-state index contributed by atoms with van der Waals surface area (Å²) < 4.78 is 13.1. The Morgan fingerprint density at radius 3 is 1.95 bits per heavy atom. The monoisotopic (exact) mass is 773 g/mol. The zero-order valence-corrected chi connectivity index (χ0v) is 33.8. The van der Waals surface area contributed by atoms with Crippen molar-refractivity contribution in [3.05, 3.63) is 204 Å². The van der Waals surface area contributed by atoms with Gasteiger partial charge in [-0.3, -0.25) is 4.99 Å². The van der Waals surface area contributed by atoms with E-state index in [9.17, 15) is 0 Å². The number of rotatable bonds is 6. The number of nitrogens with zero attached hydrogens (tertiary/aromatic N) is 1. The normalized spacial score (nSPS) is 18.0. The van der Waals surface area contributed by atoms with E-state index in [1.54, 1.807) is 0 Å². The Hall–Kier alpha value is -7.23. The van der Waals surface area contributed by atoms with E-state index in [1.165, 1.54) is 38.4 Å². The number of fused-ring (bicyclic) bond motifs is 7. The van der Waals surface area contributed by atoms with Crippen molar-refractivity contribution in [2.45, 2.75) is 33.1 Å². The standard InChI is InChI=1S/C57H43NO2/c1-3-37-34-50(42-29-28-39-17-7-8-18-40(39)33-42)58-49(32-27-36(2)55(37)48-23-14-26-53-57(48)46-21-11-12-24-51(46)59-53)44-20-10-9-19-43(44)45-22-13-25-52-56(45)47-31-30-41(35-54(47)60-52)38-15-5-4-6-16-38/h4-26,28-31,33-35,37H,3,27,32H2,1-2H3/b50-34-,55-36-,58-49+. The van der Waals surface area contributed by atoms with Crippen LogP contribution in [-0.2, 0) is 0 Å². The second kappa shape index (κ2) is 14.9. The first-order valence-electron chi connectivity index (χ1n) is 21.1. The van der Waals surface area contributed by atoms with Crippen molar-refractivity contribution in [3.8, 4) is 22.3 Å². The third-order valence-corrected chi connectivity index (χ3v) is 12.5. The minimum Gasteiger partial charge on any atom is -0.456 e. The summed E-state index contributed by atoms with van der Waals surface area (Å²) in [5.41, 5.74) is 16.5. The predicted octanol–water partition coefficient (Wildman–Crippen LogP) is 16.1. The summed E-state index contributed by atoms with van der Waals surface area (Å²) in [4.78, 5) is 5.78. The van der Waals surface area contributed by atoms with E-state index in [1.807, 2.05) is 0 Å². The van der Waals surface area contributed by atoms with Crippen LogP contribution in [0.5, 0.6) is 0 Å². The molecule has 1 unspecified atom stereocenters. The van der Waals surface area contributed by atoms with Crippen LogP contribution >= 0.6 is 0 Å². The average molecular weight is 774 g/mol. The predicted molar refractivity (Wildman–Crippen MR) is 252 cm³/mol. The molecule has 2 aromatic heterocycles. The SMILES string of the molecule is CCC1/C=C(c2ccc3ccccc3c2)\N=C(\c2ccccc2-c2cccc3oc4cc(-c5ccccc5)ccc4c23)CC/C(C)=C/1c1cccc2oc3ccccc3c12. The fourth-order valence-electron chi connectivity index (χ4n) is 9.55. The Morgan fingerprint density at radius 1 is 0.483 bits per heavy atom. The molecule has 3 heteroatoms. The summed E-state index contributed by atoms with van der Waals surface area (Å²) in [6, 6.07) is 62.7. The quantitative estimate of drug-likeness (QED) is 0.169. The number of para-hydroxylation sites is 1. The average Bonchev–Trinajstić information content (AvgIpc) is 3.89. The summed E-state index contributed by atoms with van der Waals surface area (Å²) in [5, 5.41) is 6.99. The molecule has 11 rings (SSSR count). The van der Waals surface area contributed by atoms with E-state index in [-0.39, 0.29) is 5.92 Å². The molecule has 0 N–H and O–H groups in total. The molecule has 3 heterocycles. The van der Waals surface area contributed by atoms with Gasteiger partial charge in [0.2, 0.25) is 0 Å². The molecule has 0 saturated heterocycles. The lowest BCUT2D eigenvalue weighted by atomic mass is 9.83. The van der Waals surface area contributed by atoms with Gasteiger partial charge in [0.15, 0.2) is 0 Å². The van der Waals surface area contributed by atoms with Gasteiger partial charge in [-0.2, -0.15) is 0 Å². The largest absolute Gasteiger partial charge is 0.456 e. The third-order valence-electron chi connectivity index (χ3n) is 12.5. The molecule has 8 aromatic carbocycles. The van der Waals surface area contributed by atoms with Crippen molar-refractivity contribution in [2.24, 2.45) is 10.9 Å². The van der Waals surface area contributed by atoms with Crippen molar-refractivity contribution in [1.29, 1.82) is 0 Å². The maximum absolute atomic E-state index is 6.62. The fourth-order valence-corrected chi connectivity index (χ4v) is 9.55. The maximum atomic E-state index is 6.62. The molecule has 60 heavy (non-hydrogen) atoms. The summed E-state index contributed by atoms with van der Waals surface area (Å²) in [7, 11) is 0. The van der Waals surface area contributed by atoms with Crippen molar-refractivity contribution < 1.29 is 8.83 Å². The Kier molecular flexibility index (Phi) is 8.89. The van der Waals surface area contributed by atoms with E-state index in [0.717, 1.165) is 97.0 Å². The summed E-state index contributed by atoms with van der Waals surface area (Å²) in [6.07, 6.45) is 5.01. The Labute approximate surface area is 349 Å². The van der Waals surface area contributed by atoms with Crippen LogP contribution in [0.2, 0.25) is 0 Å². The fraction of sp³-hybridized carbons (Fsp3) is 0.105. The van der Waals surface area contributed by atoms with E-state index in [2.05, 4.69) is 196 Å². The molecule has 1 aliphatic rings. The highest BCUT2D eigenvalue weighted by Gasteiger charge is 2.25. The summed E-state index contributed by atoms with van der Waals surface area (Å²) in [6.45, 7) is 4.64. The van der Waals surface area contributed by atoms with Crippen LogP contribution < -0.4 is 0 Å². The van der Waals surface area contributed by atoms with Crippen LogP contribution in [0, 0.1) is 5.92 Å². The van der Waals surface area contributed by atoms with Crippen LogP contribution in [0.25, 0.3) is 88.2 Å². The number of allylic oxidation sites excluding steroid dienone is 3. The Morgan fingerprint density at radius 2 is 1.12 bits per heavy atom. The highest BCUT2D eigenvalue weighted by molar-refractivity contribution is 6.17. The second-order valence-electron chi connectivity index (χ2n) is 16.1. The van der Waals surface area contributed by atoms with Gasteiger partial charge in [-0.15, -0.1) is 0 Å². The first-order valence-corrected chi connectivity index (χ1v) is 21.1. The first-order chi connectivity index (χ1) is 29.6. The van der Waals surface area contributed by atoms with Crippen LogP contribution in [0.4, 0.5) is 0 Å². The molecule has 10 aromatic rings.